The fraction of sp³-hybridized carbons (Fsp3) is 0.400. The molecule has 270 valence electrons. The van der Waals surface area contributed by atoms with Crippen molar-refractivity contribution in [3.63, 3.8) is 0 Å². The van der Waals surface area contributed by atoms with E-state index in [1.54, 1.807) is 6.92 Å². The lowest BCUT2D eigenvalue weighted by Crippen LogP contribution is -2.27. The molecule has 4 heterocycles. The van der Waals surface area contributed by atoms with Crippen LogP contribution in [0.2, 0.25) is 0 Å². The van der Waals surface area contributed by atoms with E-state index in [1.165, 1.54) is 30.3 Å². The Morgan fingerprint density at radius 3 is 1.79 bits per heavy atom. The van der Waals surface area contributed by atoms with Gasteiger partial charge in [0.1, 0.15) is 35.5 Å². The Kier molecular flexibility index (Phi) is 9.09. The van der Waals surface area contributed by atoms with Crippen LogP contribution in [0.3, 0.4) is 0 Å². The molecule has 0 radical (unpaired) electrons. The molecule has 12 heteroatoms. The number of ether oxygens (including phenoxy) is 4. The maximum atomic E-state index is 15.0. The maximum Gasteiger partial charge on any atom is 0.357 e. The van der Waals surface area contributed by atoms with Crippen LogP contribution in [0.4, 0.5) is 17.6 Å². The molecule has 2 saturated carbocycles. The van der Waals surface area contributed by atoms with E-state index in [4.69, 9.17) is 18.9 Å². The zero-order chi connectivity index (χ0) is 36.1. The molecule has 0 N–H and O–H groups in total. The summed E-state index contributed by atoms with van der Waals surface area (Å²) in [6.07, 6.45) is 5.79. The van der Waals surface area contributed by atoms with Crippen molar-refractivity contribution in [2.75, 3.05) is 13.2 Å². The largest absolute Gasteiger partial charge is 0.474 e. The molecule has 0 spiro atoms. The van der Waals surface area contributed by atoms with Crippen LogP contribution < -0.4 is 9.47 Å². The Morgan fingerprint density at radius 2 is 1.25 bits per heavy atom. The first-order valence-corrected chi connectivity index (χ1v) is 17.8. The molecule has 4 atom stereocenters. The number of halogens is 4. The van der Waals surface area contributed by atoms with Crippen LogP contribution in [0.25, 0.3) is 22.3 Å². The number of aromatic nitrogens is 2. The highest BCUT2D eigenvalue weighted by atomic mass is 19.1. The number of hydrogen-bond acceptors (Lipinski definition) is 8. The second kappa shape index (κ2) is 13.9. The number of carbonyl (C=O) groups excluding carboxylic acids is 2. The van der Waals surface area contributed by atoms with E-state index in [0.717, 1.165) is 43.9 Å². The molecule has 8 nitrogen and oxygen atoms in total. The first-order valence-electron chi connectivity index (χ1n) is 17.8. The highest BCUT2D eigenvalue weighted by Gasteiger charge is 2.46. The van der Waals surface area contributed by atoms with Gasteiger partial charge in [-0.2, -0.15) is 0 Å². The van der Waals surface area contributed by atoms with Crippen LogP contribution in [0.1, 0.15) is 77.6 Å². The summed E-state index contributed by atoms with van der Waals surface area (Å²) in [5.41, 5.74) is 2.41. The Bertz CT molecular complexity index is 2070. The second-order valence-corrected chi connectivity index (χ2v) is 14.0. The van der Waals surface area contributed by atoms with Crippen molar-refractivity contribution < 1.29 is 46.1 Å². The van der Waals surface area contributed by atoms with Gasteiger partial charge in [0.15, 0.2) is 11.4 Å². The number of esters is 2. The summed E-state index contributed by atoms with van der Waals surface area (Å²) < 4.78 is 80.7. The minimum absolute atomic E-state index is 0.00892. The number of carbonyl (C=O) groups is 2. The second-order valence-electron chi connectivity index (χ2n) is 14.0. The first-order chi connectivity index (χ1) is 25.2. The third-order valence-corrected chi connectivity index (χ3v) is 10.5. The van der Waals surface area contributed by atoms with Gasteiger partial charge in [-0.3, -0.25) is 0 Å². The molecule has 4 aliphatic rings. The lowest BCUT2D eigenvalue weighted by molar-refractivity contribution is 0.0474. The number of pyridine rings is 2. The molecule has 0 amide bonds. The molecular weight excluding hydrogens is 680 g/mol. The first kappa shape index (κ1) is 34.1. The fourth-order valence-electron chi connectivity index (χ4n) is 7.60. The molecular formula is C40H36F4N2O6. The van der Waals surface area contributed by atoms with Gasteiger partial charge >= 0.3 is 11.9 Å². The van der Waals surface area contributed by atoms with Gasteiger partial charge in [-0.05, 0) is 124 Å². The van der Waals surface area contributed by atoms with Crippen molar-refractivity contribution in [2.45, 2.75) is 70.5 Å². The maximum absolute atomic E-state index is 15.0. The SMILES string of the molecule is CCOC(=O)c1cc(-c2ccc(F)cc2F)c2c(n1)O[C@@H](C1CC1CCOC(=O)c1cc(-c3ccc(F)cc3F)c3c(n1)O[C@H](C1CC1)CC3)CC2. The standard InChI is InChI=1S/C40H36F4N2O6/c1-2-49-39(47)33-18-29(24-7-5-22(41)16-31(24)43)27-10-12-36(52-38(27)45-33)28-15-21(28)13-14-50-40(48)34-19-30(25-8-6-23(42)17-32(25)44)26-9-11-35(20-3-4-20)51-37(26)46-34/h5-8,16-21,28,35-36H,2-4,9-15H2,1H3/t21?,28?,35-,36+/m0/s1. The highest BCUT2D eigenvalue weighted by molar-refractivity contribution is 5.91. The fourth-order valence-corrected chi connectivity index (χ4v) is 7.60. The van der Waals surface area contributed by atoms with Crippen molar-refractivity contribution in [1.82, 2.24) is 9.97 Å². The third-order valence-electron chi connectivity index (χ3n) is 10.5. The molecule has 2 aromatic heterocycles. The average Bonchev–Trinajstić information content (AvgIpc) is 4.07. The zero-order valence-corrected chi connectivity index (χ0v) is 28.4. The Morgan fingerprint density at radius 1 is 0.712 bits per heavy atom. The molecule has 2 aromatic carbocycles. The van der Waals surface area contributed by atoms with Gasteiger partial charge in [-0.1, -0.05) is 0 Å². The van der Waals surface area contributed by atoms with E-state index in [9.17, 15) is 27.2 Å². The summed E-state index contributed by atoms with van der Waals surface area (Å²) in [5, 5.41) is 0. The Hall–Kier alpha value is -5.00. The van der Waals surface area contributed by atoms with Gasteiger partial charge in [0, 0.05) is 34.4 Å². The highest BCUT2D eigenvalue weighted by Crippen LogP contribution is 2.49. The summed E-state index contributed by atoms with van der Waals surface area (Å²) in [6, 6.07) is 9.60. The van der Waals surface area contributed by atoms with Crippen molar-refractivity contribution >= 4 is 11.9 Å². The molecule has 2 aliphatic carbocycles. The number of nitrogens with zero attached hydrogens (tertiary/aromatic N) is 2. The molecule has 2 unspecified atom stereocenters. The summed E-state index contributed by atoms with van der Waals surface area (Å²) in [5.74, 6) is -2.96. The summed E-state index contributed by atoms with van der Waals surface area (Å²) >= 11 is 0. The molecule has 2 aliphatic heterocycles. The van der Waals surface area contributed by atoms with Crippen LogP contribution in [0.5, 0.6) is 11.8 Å². The summed E-state index contributed by atoms with van der Waals surface area (Å²) in [7, 11) is 0. The third kappa shape index (κ3) is 6.82. The van der Waals surface area contributed by atoms with Gasteiger partial charge in [-0.15, -0.1) is 0 Å². The lowest BCUT2D eigenvalue weighted by atomic mass is 9.92. The van der Waals surface area contributed by atoms with E-state index >= 15 is 0 Å². The van der Waals surface area contributed by atoms with Crippen LogP contribution in [0.15, 0.2) is 48.5 Å². The molecule has 2 fully saturated rings. The molecule has 0 bridgehead atoms. The molecule has 8 rings (SSSR count). The lowest BCUT2D eigenvalue weighted by Gasteiger charge is -2.28. The zero-order valence-electron chi connectivity index (χ0n) is 28.4. The minimum Gasteiger partial charge on any atom is -0.474 e. The van der Waals surface area contributed by atoms with Gasteiger partial charge in [0.2, 0.25) is 11.8 Å². The number of fused-ring (bicyclic) bond motifs is 2. The quantitative estimate of drug-likeness (QED) is 0.120. The average molecular weight is 717 g/mol. The van der Waals surface area contributed by atoms with Crippen LogP contribution >= 0.6 is 0 Å². The van der Waals surface area contributed by atoms with Gasteiger partial charge in [-0.25, -0.2) is 37.1 Å². The van der Waals surface area contributed by atoms with Gasteiger partial charge < -0.3 is 18.9 Å². The van der Waals surface area contributed by atoms with Crippen molar-refractivity contribution in [2.24, 2.45) is 17.8 Å². The Labute approximate surface area is 297 Å². The monoisotopic (exact) mass is 716 g/mol. The number of benzene rings is 2. The van der Waals surface area contributed by atoms with E-state index in [-0.39, 0.29) is 65.7 Å². The van der Waals surface area contributed by atoms with Gasteiger partial charge in [0.05, 0.1) is 13.2 Å². The number of hydrogen-bond donors (Lipinski definition) is 0. The van der Waals surface area contributed by atoms with E-state index in [1.807, 2.05) is 0 Å². The predicted molar refractivity (Wildman–Crippen MR) is 180 cm³/mol. The number of rotatable bonds is 10. The van der Waals surface area contributed by atoms with Crippen LogP contribution in [0, 0.1) is 41.0 Å². The van der Waals surface area contributed by atoms with E-state index < -0.39 is 35.2 Å². The van der Waals surface area contributed by atoms with E-state index in [0.29, 0.717) is 59.7 Å². The summed E-state index contributed by atoms with van der Waals surface area (Å²) in [6.45, 7) is 1.91. The molecule has 4 aromatic rings. The van der Waals surface area contributed by atoms with Crippen LogP contribution in [-0.4, -0.2) is 47.3 Å². The predicted octanol–water partition coefficient (Wildman–Crippen LogP) is 8.22. The normalized spacial score (nSPS) is 21.6. The molecule has 0 saturated heterocycles. The van der Waals surface area contributed by atoms with Crippen molar-refractivity contribution in [1.29, 1.82) is 0 Å². The van der Waals surface area contributed by atoms with E-state index in [2.05, 4.69) is 9.97 Å². The van der Waals surface area contributed by atoms with Crippen molar-refractivity contribution in [3.8, 4) is 34.0 Å². The van der Waals surface area contributed by atoms with Crippen LogP contribution in [-0.2, 0) is 22.3 Å². The summed E-state index contributed by atoms with van der Waals surface area (Å²) in [4.78, 5) is 34.9. The minimum atomic E-state index is -0.762. The van der Waals surface area contributed by atoms with Crippen molar-refractivity contribution in [3.05, 3.63) is 94.3 Å². The molecule has 52 heavy (non-hydrogen) atoms. The van der Waals surface area contributed by atoms with Gasteiger partial charge in [0.25, 0.3) is 0 Å². The Balaban J connectivity index is 0.947. The topological polar surface area (TPSA) is 96.8 Å². The smallest absolute Gasteiger partial charge is 0.357 e.